The van der Waals surface area contributed by atoms with Gasteiger partial charge in [-0.2, -0.15) is 0 Å². The van der Waals surface area contributed by atoms with Gasteiger partial charge in [0.15, 0.2) is 0 Å². The highest BCUT2D eigenvalue weighted by Gasteiger charge is 2.22. The van der Waals surface area contributed by atoms with Crippen LogP contribution >= 0.6 is 0 Å². The highest BCUT2D eigenvalue weighted by atomic mass is 16.5. The molecule has 1 aliphatic heterocycles. The molecule has 1 aliphatic rings. The van der Waals surface area contributed by atoms with E-state index >= 15 is 0 Å². The second kappa shape index (κ2) is 8.07. The molecule has 0 amide bonds. The molecule has 140 valence electrons. The van der Waals surface area contributed by atoms with Gasteiger partial charge >= 0.3 is 0 Å². The molecule has 28 heavy (non-hydrogen) atoms. The Labute approximate surface area is 163 Å². The largest absolute Gasteiger partial charge is 0.481 e. The van der Waals surface area contributed by atoms with Crippen molar-refractivity contribution in [3.05, 3.63) is 76.0 Å². The minimum atomic E-state index is -0.0922. The monoisotopic (exact) mass is 372 g/mol. The molecule has 3 heterocycles. The summed E-state index contributed by atoms with van der Waals surface area (Å²) in [6.45, 7) is 2.29. The molecule has 3 aromatic rings. The molecule has 0 radical (unpaired) electrons. The number of nitrogens with one attached hydrogen (secondary N) is 1. The van der Waals surface area contributed by atoms with Gasteiger partial charge < -0.3 is 9.72 Å². The van der Waals surface area contributed by atoms with E-state index in [1.54, 1.807) is 12.4 Å². The first kappa shape index (κ1) is 18.0. The second-order valence-corrected chi connectivity index (χ2v) is 6.64. The quantitative estimate of drug-likeness (QED) is 0.697. The van der Waals surface area contributed by atoms with Crippen LogP contribution in [0, 0.1) is 12.3 Å². The predicted molar refractivity (Wildman–Crippen MR) is 107 cm³/mol. The second-order valence-electron chi connectivity index (χ2n) is 6.64. The van der Waals surface area contributed by atoms with E-state index in [9.17, 15) is 4.79 Å². The summed E-state index contributed by atoms with van der Waals surface area (Å²) in [6, 6.07) is 11.6. The third kappa shape index (κ3) is 3.80. The number of fused-ring (bicyclic) bond motifs is 1. The van der Waals surface area contributed by atoms with Crippen LogP contribution in [-0.2, 0) is 19.5 Å². The van der Waals surface area contributed by atoms with Gasteiger partial charge in [0.25, 0.3) is 5.56 Å². The van der Waals surface area contributed by atoms with Gasteiger partial charge in [-0.1, -0.05) is 24.1 Å². The Morgan fingerprint density at radius 1 is 1.25 bits per heavy atom. The lowest BCUT2D eigenvalue weighted by Gasteiger charge is -2.28. The number of pyridine rings is 1. The first-order valence-corrected chi connectivity index (χ1v) is 9.13. The molecule has 0 saturated carbocycles. The van der Waals surface area contributed by atoms with Crippen molar-refractivity contribution in [3.63, 3.8) is 0 Å². The molecule has 4 rings (SSSR count). The minimum absolute atomic E-state index is 0.0922. The van der Waals surface area contributed by atoms with Crippen molar-refractivity contribution in [2.24, 2.45) is 0 Å². The fraction of sp³-hybridized carbons (Fsp3) is 0.227. The van der Waals surface area contributed by atoms with Crippen molar-refractivity contribution in [2.45, 2.75) is 19.5 Å². The van der Waals surface area contributed by atoms with Crippen LogP contribution in [-0.4, -0.2) is 33.0 Å². The standard InChI is InChI=1S/C22H20N4O2/c1-2-12-28-20-8-4-3-6-17(20)14-26-11-9-19-18(15-26)22(27)25-21(24-19)16-7-5-10-23-13-16/h1,3-8,10,13H,9,11-12,14-15H2,(H,24,25,27). The molecular weight excluding hydrogens is 352 g/mol. The lowest BCUT2D eigenvalue weighted by Crippen LogP contribution is -2.35. The molecule has 6 nitrogen and oxygen atoms in total. The molecule has 0 bridgehead atoms. The van der Waals surface area contributed by atoms with Crippen molar-refractivity contribution < 1.29 is 4.74 Å². The maximum atomic E-state index is 12.7. The van der Waals surface area contributed by atoms with Crippen molar-refractivity contribution in [2.75, 3.05) is 13.2 Å². The summed E-state index contributed by atoms with van der Waals surface area (Å²) in [5.74, 6) is 3.84. The van der Waals surface area contributed by atoms with Gasteiger partial charge in [0.2, 0.25) is 0 Å². The molecule has 1 N–H and O–H groups in total. The smallest absolute Gasteiger partial charge is 0.255 e. The van der Waals surface area contributed by atoms with Crippen LogP contribution < -0.4 is 10.3 Å². The van der Waals surface area contributed by atoms with E-state index in [0.29, 0.717) is 18.9 Å². The SMILES string of the molecule is C#CCOc1ccccc1CN1CCc2nc(-c3cccnc3)[nH]c(=O)c2C1. The molecule has 0 atom stereocenters. The normalized spacial score (nSPS) is 13.5. The van der Waals surface area contributed by atoms with Gasteiger partial charge in [0, 0.05) is 49.6 Å². The maximum absolute atomic E-state index is 12.7. The number of benzene rings is 1. The molecule has 0 unspecified atom stereocenters. The number of hydrogen-bond donors (Lipinski definition) is 1. The lowest BCUT2D eigenvalue weighted by atomic mass is 10.1. The number of para-hydroxylation sites is 1. The zero-order valence-corrected chi connectivity index (χ0v) is 15.4. The molecular formula is C22H20N4O2. The molecule has 6 heteroatoms. The molecule has 0 fully saturated rings. The first-order chi connectivity index (χ1) is 13.7. The van der Waals surface area contributed by atoms with Crippen molar-refractivity contribution in [1.82, 2.24) is 19.9 Å². The van der Waals surface area contributed by atoms with Crippen molar-refractivity contribution in [3.8, 4) is 29.5 Å². The van der Waals surface area contributed by atoms with Gasteiger partial charge in [0.05, 0.1) is 11.3 Å². The van der Waals surface area contributed by atoms with Crippen LogP contribution in [0.3, 0.4) is 0 Å². The van der Waals surface area contributed by atoms with Crippen molar-refractivity contribution in [1.29, 1.82) is 0 Å². The average molecular weight is 372 g/mol. The van der Waals surface area contributed by atoms with Gasteiger partial charge in [-0.15, -0.1) is 6.42 Å². The van der Waals surface area contributed by atoms with E-state index in [1.165, 1.54) is 0 Å². The van der Waals surface area contributed by atoms with E-state index in [4.69, 9.17) is 11.2 Å². The Balaban J connectivity index is 1.55. The van der Waals surface area contributed by atoms with E-state index in [-0.39, 0.29) is 12.2 Å². The lowest BCUT2D eigenvalue weighted by molar-refractivity contribution is 0.237. The summed E-state index contributed by atoms with van der Waals surface area (Å²) in [7, 11) is 0. The molecule has 0 spiro atoms. The van der Waals surface area contributed by atoms with E-state index in [2.05, 4.69) is 25.8 Å². The van der Waals surface area contributed by atoms with Gasteiger partial charge in [-0.3, -0.25) is 14.7 Å². The summed E-state index contributed by atoms with van der Waals surface area (Å²) in [4.78, 5) is 26.6. The van der Waals surface area contributed by atoms with Crippen LogP contribution in [0.5, 0.6) is 5.75 Å². The summed E-state index contributed by atoms with van der Waals surface area (Å²) in [5.41, 5.74) is 3.35. The Bertz CT molecular complexity index is 1070. The van der Waals surface area contributed by atoms with E-state index < -0.39 is 0 Å². The third-order valence-corrected chi connectivity index (χ3v) is 4.76. The van der Waals surface area contributed by atoms with Gasteiger partial charge in [-0.25, -0.2) is 4.98 Å². The number of H-pyrrole nitrogens is 1. The molecule has 0 saturated heterocycles. The number of hydrogen-bond acceptors (Lipinski definition) is 5. The number of rotatable bonds is 5. The molecule has 0 aliphatic carbocycles. The number of ether oxygens (including phenoxy) is 1. The highest BCUT2D eigenvalue weighted by molar-refractivity contribution is 5.53. The first-order valence-electron chi connectivity index (χ1n) is 9.13. The average Bonchev–Trinajstić information content (AvgIpc) is 2.74. The van der Waals surface area contributed by atoms with Crippen LogP contribution in [0.25, 0.3) is 11.4 Å². The predicted octanol–water partition coefficient (Wildman–Crippen LogP) is 2.40. The van der Waals surface area contributed by atoms with Crippen LogP contribution in [0.15, 0.2) is 53.6 Å². The number of aromatic nitrogens is 3. The highest BCUT2D eigenvalue weighted by Crippen LogP contribution is 2.23. The van der Waals surface area contributed by atoms with E-state index in [1.807, 2.05) is 36.4 Å². The zero-order valence-electron chi connectivity index (χ0n) is 15.4. The van der Waals surface area contributed by atoms with Crippen LogP contribution in [0.2, 0.25) is 0 Å². The summed E-state index contributed by atoms with van der Waals surface area (Å²) in [6.07, 6.45) is 9.42. The van der Waals surface area contributed by atoms with Gasteiger partial charge in [-0.05, 0) is 18.2 Å². The summed E-state index contributed by atoms with van der Waals surface area (Å²) in [5, 5.41) is 0. The summed E-state index contributed by atoms with van der Waals surface area (Å²) >= 11 is 0. The Kier molecular flexibility index (Phi) is 5.18. The zero-order chi connectivity index (χ0) is 19.3. The Morgan fingerprint density at radius 3 is 2.96 bits per heavy atom. The maximum Gasteiger partial charge on any atom is 0.255 e. The Hall–Kier alpha value is -3.43. The minimum Gasteiger partial charge on any atom is -0.481 e. The number of terminal acetylenes is 1. The fourth-order valence-corrected chi connectivity index (χ4v) is 3.39. The van der Waals surface area contributed by atoms with Gasteiger partial charge in [0.1, 0.15) is 18.2 Å². The fourth-order valence-electron chi connectivity index (χ4n) is 3.39. The molecule has 2 aromatic heterocycles. The number of aromatic amines is 1. The summed E-state index contributed by atoms with van der Waals surface area (Å²) < 4.78 is 5.64. The topological polar surface area (TPSA) is 71.1 Å². The van der Waals surface area contributed by atoms with Crippen LogP contribution in [0.4, 0.5) is 0 Å². The third-order valence-electron chi connectivity index (χ3n) is 4.76. The molecule has 1 aromatic carbocycles. The van der Waals surface area contributed by atoms with E-state index in [0.717, 1.165) is 41.1 Å². The van der Waals surface area contributed by atoms with Crippen LogP contribution in [0.1, 0.15) is 16.8 Å². The number of nitrogens with zero attached hydrogens (tertiary/aromatic N) is 3. The Morgan fingerprint density at radius 2 is 2.14 bits per heavy atom. The van der Waals surface area contributed by atoms with Crippen molar-refractivity contribution >= 4 is 0 Å².